The second-order valence-corrected chi connectivity index (χ2v) is 5.68. The van der Waals surface area contributed by atoms with E-state index in [9.17, 15) is 4.79 Å². The quantitative estimate of drug-likeness (QED) is 0.512. The largest absolute Gasteiger partial charge is 0.497 e. The third-order valence-electron chi connectivity index (χ3n) is 3.71. The molecule has 2 rings (SSSR count). The van der Waals surface area contributed by atoms with Crippen molar-refractivity contribution in [2.75, 3.05) is 20.8 Å². The van der Waals surface area contributed by atoms with Crippen LogP contribution in [-0.2, 0) is 0 Å². The summed E-state index contributed by atoms with van der Waals surface area (Å²) >= 11 is 0. The number of benzene rings is 2. The Morgan fingerprint density at radius 2 is 1.56 bits per heavy atom. The van der Waals surface area contributed by atoms with E-state index in [4.69, 9.17) is 14.2 Å². The number of Topliss-reactive ketones (excluding diaryl/α,β-unsaturated/α-hetero) is 1. The molecule has 132 valence electrons. The van der Waals surface area contributed by atoms with Gasteiger partial charge in [-0.05, 0) is 54.8 Å². The van der Waals surface area contributed by atoms with E-state index >= 15 is 0 Å². The number of hydrogen-bond acceptors (Lipinski definition) is 4. The molecule has 0 heterocycles. The molecule has 0 aliphatic heterocycles. The number of rotatable bonds is 8. The predicted molar refractivity (Wildman–Crippen MR) is 99.8 cm³/mol. The predicted octanol–water partition coefficient (Wildman–Crippen LogP) is 4.78. The molecule has 0 spiro atoms. The topological polar surface area (TPSA) is 44.8 Å². The Kier molecular flexibility index (Phi) is 6.63. The summed E-state index contributed by atoms with van der Waals surface area (Å²) in [6, 6.07) is 12.9. The van der Waals surface area contributed by atoms with Gasteiger partial charge in [-0.1, -0.05) is 19.1 Å². The Bertz CT molecular complexity index is 723. The van der Waals surface area contributed by atoms with Crippen molar-refractivity contribution >= 4 is 11.9 Å². The summed E-state index contributed by atoms with van der Waals surface area (Å²) in [4.78, 5) is 12.7. The first-order valence-electron chi connectivity index (χ1n) is 8.26. The van der Waals surface area contributed by atoms with E-state index in [1.807, 2.05) is 30.3 Å². The Morgan fingerprint density at radius 3 is 2.08 bits per heavy atom. The van der Waals surface area contributed by atoms with Gasteiger partial charge in [0.15, 0.2) is 5.78 Å². The average molecular weight is 340 g/mol. The maximum Gasteiger partial charge on any atom is 0.189 e. The highest BCUT2D eigenvalue weighted by molar-refractivity contribution is 6.11. The fraction of sp³-hybridized carbons (Fsp3) is 0.286. The van der Waals surface area contributed by atoms with E-state index < -0.39 is 0 Å². The maximum absolute atomic E-state index is 12.7. The van der Waals surface area contributed by atoms with Crippen molar-refractivity contribution in [3.8, 4) is 17.2 Å². The van der Waals surface area contributed by atoms with Crippen LogP contribution < -0.4 is 14.2 Å². The number of carbonyl (C=O) groups is 1. The molecular weight excluding hydrogens is 316 g/mol. The van der Waals surface area contributed by atoms with E-state index in [1.54, 1.807) is 39.3 Å². The Hall–Kier alpha value is -2.75. The van der Waals surface area contributed by atoms with Crippen LogP contribution in [0.25, 0.3) is 6.08 Å². The van der Waals surface area contributed by atoms with Crippen LogP contribution in [0.4, 0.5) is 0 Å². The number of ketones is 1. The van der Waals surface area contributed by atoms with Gasteiger partial charge in [0.1, 0.15) is 17.2 Å². The van der Waals surface area contributed by atoms with Crippen molar-refractivity contribution in [3.63, 3.8) is 0 Å². The van der Waals surface area contributed by atoms with Crippen LogP contribution in [0, 0.1) is 0 Å². The lowest BCUT2D eigenvalue weighted by molar-refractivity contribution is 0.103. The molecule has 0 saturated carbocycles. The molecule has 0 saturated heterocycles. The number of allylic oxidation sites excluding steroid dienone is 1. The molecule has 2 aromatic rings. The average Bonchev–Trinajstić information content (AvgIpc) is 2.66. The molecule has 0 bridgehead atoms. The zero-order valence-corrected chi connectivity index (χ0v) is 15.2. The minimum absolute atomic E-state index is 0.0662. The van der Waals surface area contributed by atoms with Crippen molar-refractivity contribution in [2.24, 2.45) is 0 Å². The van der Waals surface area contributed by atoms with E-state index in [2.05, 4.69) is 6.92 Å². The molecule has 0 amide bonds. The minimum Gasteiger partial charge on any atom is -0.497 e. The van der Waals surface area contributed by atoms with E-state index in [0.29, 0.717) is 29.2 Å². The molecule has 2 aromatic carbocycles. The van der Waals surface area contributed by atoms with Crippen LogP contribution in [0.2, 0.25) is 0 Å². The number of carbonyl (C=O) groups excluding carboxylic acids is 1. The Labute approximate surface area is 149 Å². The van der Waals surface area contributed by atoms with E-state index in [0.717, 1.165) is 17.7 Å². The first kappa shape index (κ1) is 18.6. The van der Waals surface area contributed by atoms with Gasteiger partial charge in [-0.3, -0.25) is 4.79 Å². The van der Waals surface area contributed by atoms with Crippen LogP contribution in [0.15, 0.2) is 48.0 Å². The summed E-state index contributed by atoms with van der Waals surface area (Å²) in [5.74, 6) is 1.95. The van der Waals surface area contributed by atoms with Gasteiger partial charge in [0.2, 0.25) is 0 Å². The summed E-state index contributed by atoms with van der Waals surface area (Å²) in [6.45, 7) is 4.57. The third-order valence-corrected chi connectivity index (χ3v) is 3.71. The fourth-order valence-electron chi connectivity index (χ4n) is 2.36. The first-order chi connectivity index (χ1) is 12.1. The van der Waals surface area contributed by atoms with Crippen molar-refractivity contribution in [1.82, 2.24) is 0 Å². The molecule has 0 N–H and O–H groups in total. The molecule has 0 aliphatic carbocycles. The highest BCUT2D eigenvalue weighted by Crippen LogP contribution is 2.25. The Morgan fingerprint density at radius 1 is 0.960 bits per heavy atom. The van der Waals surface area contributed by atoms with Crippen LogP contribution in [0.3, 0.4) is 0 Å². The lowest BCUT2D eigenvalue weighted by atomic mass is 10.0. The highest BCUT2D eigenvalue weighted by atomic mass is 16.5. The molecule has 0 unspecified atom stereocenters. The van der Waals surface area contributed by atoms with Gasteiger partial charge in [-0.15, -0.1) is 0 Å². The molecule has 25 heavy (non-hydrogen) atoms. The zero-order valence-electron chi connectivity index (χ0n) is 15.2. The molecule has 0 atom stereocenters. The van der Waals surface area contributed by atoms with Crippen molar-refractivity contribution in [3.05, 3.63) is 59.2 Å². The van der Waals surface area contributed by atoms with E-state index in [1.165, 1.54) is 0 Å². The van der Waals surface area contributed by atoms with Crippen LogP contribution >= 0.6 is 0 Å². The van der Waals surface area contributed by atoms with Crippen LogP contribution in [0.1, 0.15) is 36.2 Å². The maximum atomic E-state index is 12.7. The van der Waals surface area contributed by atoms with Crippen LogP contribution in [0.5, 0.6) is 17.2 Å². The molecule has 0 radical (unpaired) electrons. The standard InChI is InChI=1S/C21H24O4/c1-5-10-25-18-8-6-16(7-9-18)11-15(2)21(22)17-12-19(23-3)14-20(13-17)24-4/h6-9,11-14H,5,10H2,1-4H3. The van der Waals surface area contributed by atoms with Gasteiger partial charge in [0.05, 0.1) is 20.8 Å². The summed E-state index contributed by atoms with van der Waals surface area (Å²) in [5, 5.41) is 0. The van der Waals surface area contributed by atoms with E-state index in [-0.39, 0.29) is 5.78 Å². The first-order valence-corrected chi connectivity index (χ1v) is 8.26. The van der Waals surface area contributed by atoms with Crippen molar-refractivity contribution < 1.29 is 19.0 Å². The molecule has 0 aromatic heterocycles. The molecule has 0 fully saturated rings. The summed E-state index contributed by atoms with van der Waals surface area (Å²) in [6.07, 6.45) is 2.83. The number of methoxy groups -OCH3 is 2. The molecule has 0 aliphatic rings. The molecule has 4 nitrogen and oxygen atoms in total. The second-order valence-electron chi connectivity index (χ2n) is 5.68. The SMILES string of the molecule is CCCOc1ccc(C=C(C)C(=O)c2cc(OC)cc(OC)c2)cc1. The van der Waals surface area contributed by atoms with Gasteiger partial charge in [0, 0.05) is 11.6 Å². The zero-order chi connectivity index (χ0) is 18.2. The van der Waals surface area contributed by atoms with Gasteiger partial charge >= 0.3 is 0 Å². The molecule has 4 heteroatoms. The van der Waals surface area contributed by atoms with Crippen molar-refractivity contribution in [2.45, 2.75) is 20.3 Å². The monoisotopic (exact) mass is 340 g/mol. The summed E-state index contributed by atoms with van der Waals surface area (Å²) < 4.78 is 16.0. The summed E-state index contributed by atoms with van der Waals surface area (Å²) in [5.41, 5.74) is 2.12. The summed E-state index contributed by atoms with van der Waals surface area (Å²) in [7, 11) is 3.13. The lowest BCUT2D eigenvalue weighted by Crippen LogP contribution is -2.02. The number of ether oxygens (including phenoxy) is 3. The third kappa shape index (κ3) is 5.11. The van der Waals surface area contributed by atoms with Gasteiger partial charge in [-0.25, -0.2) is 0 Å². The lowest BCUT2D eigenvalue weighted by Gasteiger charge is -2.08. The number of hydrogen-bond donors (Lipinski definition) is 0. The Balaban J connectivity index is 2.20. The van der Waals surface area contributed by atoms with Gasteiger partial charge < -0.3 is 14.2 Å². The molecular formula is C21H24O4. The van der Waals surface area contributed by atoms with Crippen molar-refractivity contribution in [1.29, 1.82) is 0 Å². The minimum atomic E-state index is -0.0662. The second kappa shape index (κ2) is 8.92. The van der Waals surface area contributed by atoms with Gasteiger partial charge in [-0.2, -0.15) is 0 Å². The highest BCUT2D eigenvalue weighted by Gasteiger charge is 2.12. The normalized spacial score (nSPS) is 11.1. The van der Waals surface area contributed by atoms with Crippen LogP contribution in [-0.4, -0.2) is 26.6 Å². The van der Waals surface area contributed by atoms with Gasteiger partial charge in [0.25, 0.3) is 0 Å². The smallest absolute Gasteiger partial charge is 0.189 e. The fourth-order valence-corrected chi connectivity index (χ4v) is 2.36.